The van der Waals surface area contributed by atoms with E-state index in [1.165, 1.54) is 0 Å². The van der Waals surface area contributed by atoms with Crippen LogP contribution in [0.1, 0.15) is 13.3 Å². The summed E-state index contributed by atoms with van der Waals surface area (Å²) >= 11 is 0. The standard InChI is InChI=1S/C11H18N2O2/c1-11(15)6-9-13(10(11)14)8-5-4-7-12(2)3/h15H,6-9H2,1-3H3. The van der Waals surface area contributed by atoms with E-state index in [1.54, 1.807) is 11.8 Å². The first-order chi connectivity index (χ1) is 6.93. The molecule has 1 amide bonds. The molecule has 4 nitrogen and oxygen atoms in total. The van der Waals surface area contributed by atoms with Crippen LogP contribution in [0.25, 0.3) is 0 Å². The fourth-order valence-electron chi connectivity index (χ4n) is 1.42. The molecule has 1 fully saturated rings. The fourth-order valence-corrected chi connectivity index (χ4v) is 1.42. The van der Waals surface area contributed by atoms with Gasteiger partial charge in [-0.1, -0.05) is 11.8 Å². The smallest absolute Gasteiger partial charge is 0.255 e. The third kappa shape index (κ3) is 3.22. The minimum absolute atomic E-state index is 0.207. The molecule has 0 aliphatic carbocycles. The van der Waals surface area contributed by atoms with Gasteiger partial charge in [-0.05, 0) is 21.0 Å². The zero-order valence-electron chi connectivity index (χ0n) is 9.58. The van der Waals surface area contributed by atoms with Crippen LogP contribution in [0.3, 0.4) is 0 Å². The van der Waals surface area contributed by atoms with E-state index in [9.17, 15) is 9.90 Å². The molecule has 4 heteroatoms. The molecule has 0 spiro atoms. The van der Waals surface area contributed by atoms with Gasteiger partial charge >= 0.3 is 0 Å². The van der Waals surface area contributed by atoms with Gasteiger partial charge in [0.25, 0.3) is 5.91 Å². The summed E-state index contributed by atoms with van der Waals surface area (Å²) in [6.07, 6.45) is 0.501. The topological polar surface area (TPSA) is 43.8 Å². The summed E-state index contributed by atoms with van der Waals surface area (Å²) in [6, 6.07) is 0. The van der Waals surface area contributed by atoms with Crippen molar-refractivity contribution in [2.45, 2.75) is 18.9 Å². The second-order valence-corrected chi connectivity index (χ2v) is 4.34. The molecule has 0 bridgehead atoms. The van der Waals surface area contributed by atoms with Gasteiger partial charge in [0, 0.05) is 13.0 Å². The minimum atomic E-state index is -1.18. The molecule has 1 unspecified atom stereocenters. The van der Waals surface area contributed by atoms with Crippen molar-refractivity contribution in [1.29, 1.82) is 0 Å². The number of likely N-dealkylation sites (tertiary alicyclic amines) is 1. The Hall–Kier alpha value is -1.05. The van der Waals surface area contributed by atoms with Gasteiger partial charge in [0.1, 0.15) is 5.60 Å². The third-order valence-electron chi connectivity index (χ3n) is 2.41. The number of hydrogen-bond donors (Lipinski definition) is 1. The first-order valence-corrected chi connectivity index (χ1v) is 5.06. The van der Waals surface area contributed by atoms with Crippen molar-refractivity contribution < 1.29 is 9.90 Å². The molecule has 1 N–H and O–H groups in total. The van der Waals surface area contributed by atoms with Crippen molar-refractivity contribution in [3.63, 3.8) is 0 Å². The maximum absolute atomic E-state index is 11.6. The lowest BCUT2D eigenvalue weighted by atomic mass is 10.1. The Morgan fingerprint density at radius 1 is 1.53 bits per heavy atom. The number of carbonyl (C=O) groups excluding carboxylic acids is 1. The first kappa shape index (κ1) is 12.0. The third-order valence-corrected chi connectivity index (χ3v) is 2.41. The van der Waals surface area contributed by atoms with Gasteiger partial charge in [-0.25, -0.2) is 0 Å². The van der Waals surface area contributed by atoms with Crippen LogP contribution in [0.2, 0.25) is 0 Å². The van der Waals surface area contributed by atoms with E-state index in [4.69, 9.17) is 0 Å². The van der Waals surface area contributed by atoms with E-state index in [-0.39, 0.29) is 5.91 Å². The summed E-state index contributed by atoms with van der Waals surface area (Å²) in [7, 11) is 3.89. The van der Waals surface area contributed by atoms with E-state index in [2.05, 4.69) is 11.8 Å². The Labute approximate surface area is 90.9 Å². The number of rotatable bonds is 2. The Balaban J connectivity index is 2.41. The predicted molar refractivity (Wildman–Crippen MR) is 58.2 cm³/mol. The van der Waals surface area contributed by atoms with Crippen LogP contribution in [0.15, 0.2) is 0 Å². The van der Waals surface area contributed by atoms with Crippen molar-refractivity contribution in [1.82, 2.24) is 9.80 Å². The quantitative estimate of drug-likeness (QED) is 0.627. The largest absolute Gasteiger partial charge is 0.380 e. The minimum Gasteiger partial charge on any atom is -0.380 e. The van der Waals surface area contributed by atoms with Crippen molar-refractivity contribution in [3.8, 4) is 11.8 Å². The van der Waals surface area contributed by atoms with Gasteiger partial charge in [-0.3, -0.25) is 9.69 Å². The number of aliphatic hydroxyl groups is 1. The summed E-state index contributed by atoms with van der Waals surface area (Å²) in [5, 5.41) is 9.63. The average molecular weight is 210 g/mol. The maximum Gasteiger partial charge on any atom is 0.255 e. The molecule has 84 valence electrons. The zero-order chi connectivity index (χ0) is 11.5. The van der Waals surface area contributed by atoms with Gasteiger partial charge in [0.2, 0.25) is 0 Å². The molecule has 15 heavy (non-hydrogen) atoms. The fraction of sp³-hybridized carbons (Fsp3) is 0.727. The second kappa shape index (κ2) is 4.65. The van der Waals surface area contributed by atoms with Crippen LogP contribution in [0.5, 0.6) is 0 Å². The molecule has 0 aromatic carbocycles. The summed E-state index contributed by atoms with van der Waals surface area (Å²) in [5.74, 6) is 5.68. The molecule has 1 saturated heterocycles. The number of nitrogens with zero attached hydrogens (tertiary/aromatic N) is 2. The van der Waals surface area contributed by atoms with Crippen molar-refractivity contribution >= 4 is 5.91 Å². The number of hydrogen-bond acceptors (Lipinski definition) is 3. The van der Waals surface area contributed by atoms with Gasteiger partial charge < -0.3 is 10.0 Å². The molecular weight excluding hydrogens is 192 g/mol. The summed E-state index contributed by atoms with van der Waals surface area (Å²) in [6.45, 7) is 3.27. The maximum atomic E-state index is 11.6. The molecule has 1 heterocycles. The molecule has 0 saturated carbocycles. The van der Waals surface area contributed by atoms with Gasteiger partial charge in [-0.2, -0.15) is 0 Å². The van der Waals surface area contributed by atoms with Crippen molar-refractivity contribution in [3.05, 3.63) is 0 Å². The zero-order valence-corrected chi connectivity index (χ0v) is 9.58. The van der Waals surface area contributed by atoms with E-state index < -0.39 is 5.60 Å². The Morgan fingerprint density at radius 2 is 2.20 bits per heavy atom. The van der Waals surface area contributed by atoms with Crippen LogP contribution in [-0.2, 0) is 4.79 Å². The van der Waals surface area contributed by atoms with Crippen LogP contribution in [-0.4, -0.2) is 60.1 Å². The average Bonchev–Trinajstić information content (AvgIpc) is 2.38. The summed E-state index contributed by atoms with van der Waals surface area (Å²) in [4.78, 5) is 15.1. The van der Waals surface area contributed by atoms with Crippen molar-refractivity contribution in [2.24, 2.45) is 0 Å². The van der Waals surface area contributed by atoms with E-state index in [0.717, 1.165) is 0 Å². The molecule has 0 radical (unpaired) electrons. The molecule has 0 aromatic rings. The predicted octanol–water partition coefficient (Wildman–Crippen LogP) is -0.465. The lowest BCUT2D eigenvalue weighted by Crippen LogP contribution is -2.37. The SMILES string of the molecule is CN(C)CC#CCN1CCC(C)(O)C1=O. The highest BCUT2D eigenvalue weighted by Crippen LogP contribution is 2.21. The lowest BCUT2D eigenvalue weighted by Gasteiger charge is -2.15. The van der Waals surface area contributed by atoms with E-state index in [0.29, 0.717) is 26.1 Å². The van der Waals surface area contributed by atoms with Gasteiger partial charge in [0.15, 0.2) is 0 Å². The number of carbonyl (C=O) groups is 1. The molecule has 1 aliphatic rings. The highest BCUT2D eigenvalue weighted by Gasteiger charge is 2.40. The Kier molecular flexibility index (Phi) is 3.72. The molecule has 0 aromatic heterocycles. The lowest BCUT2D eigenvalue weighted by molar-refractivity contribution is -0.141. The summed E-state index contributed by atoms with van der Waals surface area (Å²) < 4.78 is 0. The monoisotopic (exact) mass is 210 g/mol. The highest BCUT2D eigenvalue weighted by atomic mass is 16.3. The summed E-state index contributed by atoms with van der Waals surface area (Å²) in [5.41, 5.74) is -1.18. The van der Waals surface area contributed by atoms with Crippen LogP contribution >= 0.6 is 0 Å². The number of amides is 1. The van der Waals surface area contributed by atoms with E-state index >= 15 is 0 Å². The second-order valence-electron chi connectivity index (χ2n) is 4.34. The highest BCUT2D eigenvalue weighted by molar-refractivity contribution is 5.86. The normalized spacial score (nSPS) is 25.7. The molecular formula is C11H18N2O2. The van der Waals surface area contributed by atoms with Gasteiger partial charge in [-0.15, -0.1) is 0 Å². The molecule has 1 rings (SSSR count). The molecule has 1 aliphatic heterocycles. The van der Waals surface area contributed by atoms with Crippen LogP contribution in [0, 0.1) is 11.8 Å². The van der Waals surface area contributed by atoms with Gasteiger partial charge in [0.05, 0.1) is 13.1 Å². The van der Waals surface area contributed by atoms with Crippen LogP contribution in [0.4, 0.5) is 0 Å². The van der Waals surface area contributed by atoms with Crippen molar-refractivity contribution in [2.75, 3.05) is 33.7 Å². The van der Waals surface area contributed by atoms with E-state index in [1.807, 2.05) is 19.0 Å². The first-order valence-electron chi connectivity index (χ1n) is 5.06. The molecule has 1 atom stereocenters. The van der Waals surface area contributed by atoms with Crippen LogP contribution < -0.4 is 0 Å². The Bertz CT molecular complexity index is 299. The Morgan fingerprint density at radius 3 is 2.67 bits per heavy atom.